The summed E-state index contributed by atoms with van der Waals surface area (Å²) in [5.74, 6) is 0.324. The summed E-state index contributed by atoms with van der Waals surface area (Å²) in [7, 11) is 2.22. The van der Waals surface area contributed by atoms with Gasteiger partial charge >= 0.3 is 0 Å². The maximum atomic E-state index is 7.16. The first-order chi connectivity index (χ1) is 7.63. The molecule has 4 heteroatoms. The maximum Gasteiger partial charge on any atom is 0.0905 e. The maximum absolute atomic E-state index is 7.16. The number of likely N-dealkylation sites (N-methyl/N-ethyl adjacent to an activating group) is 1. The van der Waals surface area contributed by atoms with Gasteiger partial charge in [0.2, 0.25) is 0 Å². The van der Waals surface area contributed by atoms with Crippen LogP contribution in [-0.4, -0.2) is 54.9 Å². The van der Waals surface area contributed by atoms with Gasteiger partial charge in [0, 0.05) is 32.1 Å². The molecule has 0 aromatic heterocycles. The fourth-order valence-corrected chi connectivity index (χ4v) is 2.31. The average Bonchev–Trinajstić information content (AvgIpc) is 2.26. The van der Waals surface area contributed by atoms with Crippen LogP contribution < -0.4 is 5.73 Å². The van der Waals surface area contributed by atoms with Crippen LogP contribution in [0.5, 0.6) is 0 Å². The van der Waals surface area contributed by atoms with E-state index in [0.29, 0.717) is 5.84 Å². The van der Waals surface area contributed by atoms with Crippen molar-refractivity contribution in [2.45, 2.75) is 38.6 Å². The molecule has 1 aliphatic heterocycles. The summed E-state index contributed by atoms with van der Waals surface area (Å²) in [6, 6.07) is 0.724. The highest BCUT2D eigenvalue weighted by molar-refractivity contribution is 5.76. The summed E-state index contributed by atoms with van der Waals surface area (Å²) in [6.45, 7) is 7.00. The SMILES string of the molecule is CCC1CN(CCCCC(=N)N)CCN1C. The van der Waals surface area contributed by atoms with Crippen LogP contribution >= 0.6 is 0 Å². The lowest BCUT2D eigenvalue weighted by atomic mass is 10.1. The number of piperazine rings is 1. The molecule has 0 aliphatic carbocycles. The zero-order valence-electron chi connectivity index (χ0n) is 10.7. The molecular formula is C12H26N4. The van der Waals surface area contributed by atoms with Crippen molar-refractivity contribution in [2.75, 3.05) is 33.2 Å². The van der Waals surface area contributed by atoms with Crippen molar-refractivity contribution in [1.82, 2.24) is 9.80 Å². The fraction of sp³-hybridized carbons (Fsp3) is 0.917. The van der Waals surface area contributed by atoms with Crippen LogP contribution in [0, 0.1) is 5.41 Å². The summed E-state index contributed by atoms with van der Waals surface area (Å²) >= 11 is 0. The predicted molar refractivity (Wildman–Crippen MR) is 68.9 cm³/mol. The normalized spacial score (nSPS) is 23.5. The molecule has 94 valence electrons. The van der Waals surface area contributed by atoms with Crippen molar-refractivity contribution >= 4 is 5.84 Å². The smallest absolute Gasteiger partial charge is 0.0905 e. The van der Waals surface area contributed by atoms with Gasteiger partial charge in [-0.05, 0) is 32.9 Å². The van der Waals surface area contributed by atoms with Gasteiger partial charge in [-0.3, -0.25) is 5.41 Å². The number of unbranched alkanes of at least 4 members (excludes halogenated alkanes) is 1. The largest absolute Gasteiger partial charge is 0.388 e. The van der Waals surface area contributed by atoms with Crippen molar-refractivity contribution < 1.29 is 0 Å². The Morgan fingerprint density at radius 1 is 1.38 bits per heavy atom. The topological polar surface area (TPSA) is 56.4 Å². The highest BCUT2D eigenvalue weighted by atomic mass is 15.3. The van der Waals surface area contributed by atoms with Gasteiger partial charge in [0.15, 0.2) is 0 Å². The first-order valence-electron chi connectivity index (χ1n) is 6.39. The Bertz CT molecular complexity index is 217. The molecule has 1 atom stereocenters. The van der Waals surface area contributed by atoms with E-state index < -0.39 is 0 Å². The van der Waals surface area contributed by atoms with E-state index in [1.807, 2.05) is 0 Å². The zero-order chi connectivity index (χ0) is 12.0. The lowest BCUT2D eigenvalue weighted by molar-refractivity contribution is 0.0922. The molecule has 1 aliphatic rings. The first-order valence-corrected chi connectivity index (χ1v) is 6.39. The molecule has 0 bridgehead atoms. The monoisotopic (exact) mass is 226 g/mol. The molecule has 1 unspecified atom stereocenters. The van der Waals surface area contributed by atoms with Crippen LogP contribution in [0.1, 0.15) is 32.6 Å². The first kappa shape index (κ1) is 13.5. The summed E-state index contributed by atoms with van der Waals surface area (Å²) in [4.78, 5) is 5.01. The van der Waals surface area contributed by atoms with Crippen LogP contribution in [0.25, 0.3) is 0 Å². The minimum atomic E-state index is 0.324. The third-order valence-corrected chi connectivity index (χ3v) is 3.50. The zero-order valence-corrected chi connectivity index (χ0v) is 10.7. The van der Waals surface area contributed by atoms with Gasteiger partial charge in [-0.15, -0.1) is 0 Å². The molecule has 4 nitrogen and oxygen atoms in total. The molecule has 3 N–H and O–H groups in total. The summed E-state index contributed by atoms with van der Waals surface area (Å²) in [5.41, 5.74) is 5.34. The summed E-state index contributed by atoms with van der Waals surface area (Å²) < 4.78 is 0. The van der Waals surface area contributed by atoms with Gasteiger partial charge in [-0.25, -0.2) is 0 Å². The molecule has 0 spiro atoms. The number of nitrogens with one attached hydrogen (secondary N) is 1. The van der Waals surface area contributed by atoms with Crippen molar-refractivity contribution in [1.29, 1.82) is 5.41 Å². The van der Waals surface area contributed by atoms with E-state index in [1.165, 1.54) is 32.5 Å². The Morgan fingerprint density at radius 3 is 2.75 bits per heavy atom. The van der Waals surface area contributed by atoms with Gasteiger partial charge in [0.1, 0.15) is 0 Å². The fourth-order valence-electron chi connectivity index (χ4n) is 2.31. The molecule has 16 heavy (non-hydrogen) atoms. The van der Waals surface area contributed by atoms with Crippen LogP contribution in [0.3, 0.4) is 0 Å². The van der Waals surface area contributed by atoms with E-state index >= 15 is 0 Å². The highest BCUT2D eigenvalue weighted by Gasteiger charge is 2.21. The molecule has 0 radical (unpaired) electrons. The van der Waals surface area contributed by atoms with Gasteiger partial charge in [-0.1, -0.05) is 6.92 Å². The Kier molecular flexibility index (Phi) is 5.77. The van der Waals surface area contributed by atoms with Crippen LogP contribution in [0.15, 0.2) is 0 Å². The number of hydrogen-bond donors (Lipinski definition) is 2. The van der Waals surface area contributed by atoms with Crippen LogP contribution in [0.2, 0.25) is 0 Å². The van der Waals surface area contributed by atoms with E-state index in [0.717, 1.165) is 25.4 Å². The molecule has 1 fully saturated rings. The number of nitrogens with zero attached hydrogens (tertiary/aromatic N) is 2. The Labute approximate surface area is 99.3 Å². The molecule has 0 saturated carbocycles. The Morgan fingerprint density at radius 2 is 2.12 bits per heavy atom. The van der Waals surface area contributed by atoms with E-state index in [-0.39, 0.29) is 0 Å². The summed E-state index contributed by atoms with van der Waals surface area (Å²) in [5, 5.41) is 7.16. The molecule has 0 aromatic carbocycles. The minimum Gasteiger partial charge on any atom is -0.388 e. The number of nitrogens with two attached hydrogens (primary N) is 1. The second-order valence-electron chi connectivity index (χ2n) is 4.83. The summed E-state index contributed by atoms with van der Waals surface area (Å²) in [6.07, 6.45) is 4.21. The number of rotatable bonds is 6. The van der Waals surface area contributed by atoms with Crippen molar-refractivity contribution in [2.24, 2.45) is 5.73 Å². The van der Waals surface area contributed by atoms with E-state index in [2.05, 4.69) is 23.8 Å². The van der Waals surface area contributed by atoms with Crippen LogP contribution in [-0.2, 0) is 0 Å². The van der Waals surface area contributed by atoms with E-state index in [1.54, 1.807) is 0 Å². The Hall–Kier alpha value is -0.610. The van der Waals surface area contributed by atoms with Gasteiger partial charge in [0.05, 0.1) is 5.84 Å². The number of amidine groups is 1. The highest BCUT2D eigenvalue weighted by Crippen LogP contribution is 2.11. The molecule has 0 aromatic rings. The quantitative estimate of drug-likeness (QED) is 0.405. The standard InChI is InChI=1S/C12H26N4/c1-3-11-10-16(9-8-15(11)2)7-5-4-6-12(13)14/h11H,3-10H2,1-2H3,(H3,13,14). The van der Waals surface area contributed by atoms with Gasteiger partial charge < -0.3 is 15.5 Å². The lowest BCUT2D eigenvalue weighted by Crippen LogP contribution is -2.51. The second-order valence-corrected chi connectivity index (χ2v) is 4.83. The third kappa shape index (κ3) is 4.49. The number of hydrogen-bond acceptors (Lipinski definition) is 3. The molecule has 1 rings (SSSR count). The average molecular weight is 226 g/mol. The van der Waals surface area contributed by atoms with Crippen LogP contribution in [0.4, 0.5) is 0 Å². The van der Waals surface area contributed by atoms with Gasteiger partial charge in [0.25, 0.3) is 0 Å². The molecule has 1 saturated heterocycles. The van der Waals surface area contributed by atoms with Crippen molar-refractivity contribution in [3.63, 3.8) is 0 Å². The van der Waals surface area contributed by atoms with E-state index in [4.69, 9.17) is 11.1 Å². The molecule has 1 heterocycles. The third-order valence-electron chi connectivity index (χ3n) is 3.50. The lowest BCUT2D eigenvalue weighted by Gasteiger charge is -2.39. The Balaban J connectivity index is 2.15. The van der Waals surface area contributed by atoms with Crippen molar-refractivity contribution in [3.8, 4) is 0 Å². The predicted octanol–water partition coefficient (Wildman–Crippen LogP) is 1.12. The van der Waals surface area contributed by atoms with Gasteiger partial charge in [-0.2, -0.15) is 0 Å². The second kappa shape index (κ2) is 6.86. The minimum absolute atomic E-state index is 0.324. The van der Waals surface area contributed by atoms with Crippen molar-refractivity contribution in [3.05, 3.63) is 0 Å². The molecular weight excluding hydrogens is 200 g/mol. The van der Waals surface area contributed by atoms with E-state index in [9.17, 15) is 0 Å². The molecule has 0 amide bonds.